The van der Waals surface area contributed by atoms with Gasteiger partial charge in [-0.3, -0.25) is 14.6 Å². The molecule has 3 aromatic rings. The summed E-state index contributed by atoms with van der Waals surface area (Å²) in [5.41, 5.74) is 15.6. The van der Waals surface area contributed by atoms with E-state index >= 15 is 0 Å². The van der Waals surface area contributed by atoms with Crippen LogP contribution in [-0.2, 0) is 28.9 Å². The molecule has 5 N–H and O–H groups in total. The molecule has 0 fully saturated rings. The van der Waals surface area contributed by atoms with Crippen LogP contribution in [0.25, 0.3) is 29.6 Å². The van der Waals surface area contributed by atoms with Crippen LogP contribution in [0.15, 0.2) is 22.2 Å². The Hall–Kier alpha value is -4.33. The summed E-state index contributed by atoms with van der Waals surface area (Å²) in [5.74, 6) is -1.72. The molecule has 1 atom stereocenters. The molecule has 2 aliphatic rings. The molecule has 8 heteroatoms. The summed E-state index contributed by atoms with van der Waals surface area (Å²) >= 11 is 0. The molecule has 3 aromatic heterocycles. The van der Waals surface area contributed by atoms with Crippen molar-refractivity contribution in [2.45, 2.75) is 86.1 Å². The molecule has 42 heavy (non-hydrogen) atoms. The summed E-state index contributed by atoms with van der Waals surface area (Å²) < 4.78 is 0. The van der Waals surface area contributed by atoms with Gasteiger partial charge in [0.25, 0.3) is 0 Å². The van der Waals surface area contributed by atoms with Gasteiger partial charge in [-0.15, -0.1) is 0 Å². The summed E-state index contributed by atoms with van der Waals surface area (Å²) in [7, 11) is 0. The molecule has 8 nitrogen and oxygen atoms in total. The van der Waals surface area contributed by atoms with Gasteiger partial charge in [0.15, 0.2) is 0 Å². The number of carboxylic acid groups (broad SMARTS) is 2. The Labute approximate surface area is 246 Å². The van der Waals surface area contributed by atoms with Crippen molar-refractivity contribution in [3.8, 4) is 11.4 Å². The predicted octanol–water partition coefficient (Wildman–Crippen LogP) is 7.28. The van der Waals surface area contributed by atoms with Crippen LogP contribution in [0.2, 0.25) is 0 Å². The molecule has 5 rings (SSSR count). The lowest BCUT2D eigenvalue weighted by molar-refractivity contribution is -0.138. The van der Waals surface area contributed by atoms with Gasteiger partial charge in [-0.2, -0.15) is 0 Å². The number of hydrogen-bond donors (Lipinski definition) is 5. The summed E-state index contributed by atoms with van der Waals surface area (Å²) in [6, 6.07) is -0.404. The summed E-state index contributed by atoms with van der Waals surface area (Å²) in [6.45, 7) is 12.7. The molecule has 0 radical (unpaired) electrons. The zero-order valence-electron chi connectivity index (χ0n) is 25.3. The van der Waals surface area contributed by atoms with Crippen LogP contribution in [0, 0.1) is 20.8 Å². The third kappa shape index (κ3) is 5.10. The van der Waals surface area contributed by atoms with Crippen LogP contribution in [0.3, 0.4) is 0 Å². The van der Waals surface area contributed by atoms with Crippen molar-refractivity contribution in [1.82, 2.24) is 15.0 Å². The smallest absolute Gasteiger partial charge is 0.303 e. The van der Waals surface area contributed by atoms with E-state index in [1.807, 2.05) is 19.9 Å². The Morgan fingerprint density at radius 3 is 1.79 bits per heavy atom. The third-order valence-electron chi connectivity index (χ3n) is 8.99. The molecular formula is C34H40N4O4. The Kier molecular flexibility index (Phi) is 7.99. The number of rotatable bonds is 8. The number of aliphatic carboxylic acids is 2. The van der Waals surface area contributed by atoms with E-state index < -0.39 is 18.0 Å². The minimum Gasteiger partial charge on any atom is -0.481 e. The van der Waals surface area contributed by atoms with Crippen LogP contribution in [0.5, 0.6) is 0 Å². The van der Waals surface area contributed by atoms with E-state index in [9.17, 15) is 19.8 Å². The number of aromatic nitrogens is 3. The van der Waals surface area contributed by atoms with Crippen molar-refractivity contribution in [3.63, 3.8) is 0 Å². The lowest BCUT2D eigenvalue weighted by Crippen LogP contribution is -2.06. The zero-order valence-corrected chi connectivity index (χ0v) is 25.3. The number of aromatic amines is 3. The first-order valence-corrected chi connectivity index (χ1v) is 14.8. The fourth-order valence-electron chi connectivity index (χ4n) is 6.63. The van der Waals surface area contributed by atoms with E-state index in [4.69, 9.17) is 4.99 Å². The van der Waals surface area contributed by atoms with Crippen molar-refractivity contribution in [1.29, 1.82) is 0 Å². The molecule has 1 unspecified atom stereocenters. The molecule has 0 aromatic carbocycles. The largest absolute Gasteiger partial charge is 0.481 e. The van der Waals surface area contributed by atoms with E-state index in [2.05, 4.69) is 60.9 Å². The molecule has 5 heterocycles. The quantitative estimate of drug-likeness (QED) is 0.195. The highest BCUT2D eigenvalue weighted by Gasteiger charge is 2.31. The van der Waals surface area contributed by atoms with E-state index in [1.54, 1.807) is 0 Å². The van der Waals surface area contributed by atoms with Crippen molar-refractivity contribution in [3.05, 3.63) is 73.4 Å². The monoisotopic (exact) mass is 568 g/mol. The highest BCUT2D eigenvalue weighted by molar-refractivity contribution is 6.12. The Morgan fingerprint density at radius 1 is 0.714 bits per heavy atom. The SMILES string of the molecule is CCc1c2[nH]c(c1C)-c1[nH]c(c(CC)c1C)/C=C\c1[nH]c(c(CCC(=O)O)c1C)C1N=C(/C=C\2)C(C)=C1CCC(=O)O. The number of fused-ring (bicyclic) bond motifs is 9. The maximum absolute atomic E-state index is 11.6. The molecule has 0 saturated carbocycles. The number of carboxylic acids is 2. The van der Waals surface area contributed by atoms with Crippen LogP contribution in [0.1, 0.15) is 102 Å². The lowest BCUT2D eigenvalue weighted by Gasteiger charge is -2.14. The molecule has 0 saturated heterocycles. The first-order valence-electron chi connectivity index (χ1n) is 14.8. The number of hydrogen-bond acceptors (Lipinski definition) is 3. The number of allylic oxidation sites excluding steroid dienone is 2. The van der Waals surface area contributed by atoms with E-state index in [-0.39, 0.29) is 12.8 Å². The van der Waals surface area contributed by atoms with Crippen molar-refractivity contribution >= 4 is 35.9 Å². The molecule has 2 aliphatic heterocycles. The number of H-pyrrole nitrogens is 3. The van der Waals surface area contributed by atoms with Crippen molar-refractivity contribution < 1.29 is 19.8 Å². The maximum Gasteiger partial charge on any atom is 0.303 e. The zero-order chi connectivity index (χ0) is 30.3. The van der Waals surface area contributed by atoms with Gasteiger partial charge in [0.1, 0.15) is 6.04 Å². The minimum atomic E-state index is -0.859. The fraction of sp³-hybridized carbons (Fsp3) is 0.382. The minimum absolute atomic E-state index is 0.000154. The number of nitrogens with zero attached hydrogens (tertiary/aromatic N) is 1. The molecule has 0 aliphatic carbocycles. The molecular weight excluding hydrogens is 528 g/mol. The van der Waals surface area contributed by atoms with Crippen LogP contribution >= 0.6 is 0 Å². The maximum atomic E-state index is 11.6. The van der Waals surface area contributed by atoms with Crippen molar-refractivity contribution in [2.24, 2.45) is 4.99 Å². The normalized spacial score (nSPS) is 17.5. The van der Waals surface area contributed by atoms with Crippen LogP contribution < -0.4 is 0 Å². The fourth-order valence-corrected chi connectivity index (χ4v) is 6.63. The summed E-state index contributed by atoms with van der Waals surface area (Å²) in [5, 5.41) is 19.0. The van der Waals surface area contributed by atoms with E-state index in [1.165, 1.54) is 22.3 Å². The number of nitrogens with one attached hydrogen (secondary N) is 3. The molecule has 0 spiro atoms. The van der Waals surface area contributed by atoms with Gasteiger partial charge in [0.05, 0.1) is 17.1 Å². The van der Waals surface area contributed by atoms with Crippen molar-refractivity contribution in [2.75, 3.05) is 0 Å². The van der Waals surface area contributed by atoms with E-state index in [0.717, 1.165) is 75.0 Å². The highest BCUT2D eigenvalue weighted by Crippen LogP contribution is 2.41. The molecule has 0 amide bonds. The average molecular weight is 569 g/mol. The first-order chi connectivity index (χ1) is 20.0. The summed E-state index contributed by atoms with van der Waals surface area (Å²) in [4.78, 5) is 39.3. The molecule has 220 valence electrons. The van der Waals surface area contributed by atoms with Gasteiger partial charge in [-0.25, -0.2) is 0 Å². The van der Waals surface area contributed by atoms with Gasteiger partial charge < -0.3 is 25.2 Å². The van der Waals surface area contributed by atoms with E-state index in [0.29, 0.717) is 12.8 Å². The van der Waals surface area contributed by atoms with Gasteiger partial charge >= 0.3 is 11.9 Å². The number of carbonyl (C=O) groups is 2. The highest BCUT2D eigenvalue weighted by atomic mass is 16.4. The summed E-state index contributed by atoms with van der Waals surface area (Å²) in [6.07, 6.45) is 10.7. The second-order valence-corrected chi connectivity index (χ2v) is 11.3. The molecule has 8 bridgehead atoms. The number of aliphatic imine (C=N–C) groups is 1. The Morgan fingerprint density at radius 2 is 1.24 bits per heavy atom. The van der Waals surface area contributed by atoms with Gasteiger partial charge in [-0.1, -0.05) is 13.8 Å². The van der Waals surface area contributed by atoms with Crippen LogP contribution in [-0.4, -0.2) is 42.8 Å². The first kappa shape index (κ1) is 29.2. The predicted molar refractivity (Wildman–Crippen MR) is 168 cm³/mol. The van der Waals surface area contributed by atoms with Gasteiger partial charge in [0, 0.05) is 35.6 Å². The second kappa shape index (κ2) is 11.5. The third-order valence-corrected chi connectivity index (χ3v) is 8.99. The van der Waals surface area contributed by atoms with Crippen LogP contribution in [0.4, 0.5) is 0 Å². The average Bonchev–Trinajstić information content (AvgIpc) is 3.63. The van der Waals surface area contributed by atoms with Gasteiger partial charge in [0.2, 0.25) is 0 Å². The standard InChI is InChI=1S/C34H40N4O4/c1-7-21-19(5)31-32-20(6)22(8-2)28(38-32)14-12-26-18(4)24(10-16-30(41)42)34(36-26)33-23(9-15-29(39)40)17(3)25(35-33)11-13-27(21)37-31/h11-14,33,36-38H,7-10,15-16H2,1-6H3,(H,39,40)(H,41,42)/b13-11-,14-12-. The Bertz CT molecular complexity index is 1700. The lowest BCUT2D eigenvalue weighted by atomic mass is 9.92. The topological polar surface area (TPSA) is 134 Å². The van der Waals surface area contributed by atoms with Gasteiger partial charge in [-0.05, 0) is 122 Å². The Balaban J connectivity index is 1.77. The second-order valence-electron chi connectivity index (χ2n) is 11.3.